The first kappa shape index (κ1) is 18.1. The molecule has 0 aromatic heterocycles. The first-order valence-corrected chi connectivity index (χ1v) is 9.58. The molecule has 0 spiro atoms. The van der Waals surface area contributed by atoms with Crippen LogP contribution in [0.5, 0.6) is 0 Å². The van der Waals surface area contributed by atoms with Gasteiger partial charge in [0.1, 0.15) is 0 Å². The molecule has 0 saturated heterocycles. The van der Waals surface area contributed by atoms with Crippen LogP contribution >= 0.6 is 0 Å². The van der Waals surface area contributed by atoms with E-state index in [0.717, 1.165) is 35.5 Å². The zero-order valence-electron chi connectivity index (χ0n) is 15.1. The molecule has 0 bridgehead atoms. The summed E-state index contributed by atoms with van der Waals surface area (Å²) < 4.78 is 0. The minimum atomic E-state index is 0.974. The highest BCUT2D eigenvalue weighted by molar-refractivity contribution is 4.81. The topological polar surface area (TPSA) is 0 Å². The normalized spacial score (nSPS) is 39.6. The van der Waals surface area contributed by atoms with Gasteiger partial charge in [0.05, 0.1) is 0 Å². The first-order valence-electron chi connectivity index (χ1n) is 9.58. The molecular weight excluding hydrogens is 240 g/mol. The average Bonchev–Trinajstić information content (AvgIpc) is 2.46. The van der Waals surface area contributed by atoms with Crippen molar-refractivity contribution in [1.82, 2.24) is 0 Å². The van der Waals surface area contributed by atoms with Gasteiger partial charge >= 0.3 is 0 Å². The van der Waals surface area contributed by atoms with Gasteiger partial charge in [-0.2, -0.15) is 0 Å². The van der Waals surface area contributed by atoms with E-state index in [2.05, 4.69) is 27.7 Å². The molecular formula is C20H40. The van der Waals surface area contributed by atoms with Crippen LogP contribution in [0.2, 0.25) is 0 Å². The summed E-state index contributed by atoms with van der Waals surface area (Å²) in [5, 5.41) is 0. The molecule has 0 aromatic carbocycles. The fraction of sp³-hybridized carbons (Fsp3) is 1.00. The van der Waals surface area contributed by atoms with Crippen molar-refractivity contribution in [3.05, 3.63) is 0 Å². The molecule has 4 atom stereocenters. The van der Waals surface area contributed by atoms with E-state index >= 15 is 0 Å². The highest BCUT2D eigenvalue weighted by Crippen LogP contribution is 2.41. The summed E-state index contributed by atoms with van der Waals surface area (Å²) in [6, 6.07) is 0. The molecule has 2 aliphatic carbocycles. The number of rotatable bonds is 3. The van der Waals surface area contributed by atoms with Crippen molar-refractivity contribution in [2.75, 3.05) is 0 Å². The van der Waals surface area contributed by atoms with Crippen molar-refractivity contribution in [1.29, 1.82) is 0 Å². The van der Waals surface area contributed by atoms with Crippen LogP contribution in [0.25, 0.3) is 0 Å². The monoisotopic (exact) mass is 280 g/mol. The Hall–Kier alpha value is 0. The van der Waals surface area contributed by atoms with Gasteiger partial charge in [0.2, 0.25) is 0 Å². The second-order valence-electron chi connectivity index (χ2n) is 7.76. The molecule has 2 saturated carbocycles. The van der Waals surface area contributed by atoms with Crippen molar-refractivity contribution < 1.29 is 0 Å². The van der Waals surface area contributed by atoms with Crippen LogP contribution in [0.3, 0.4) is 0 Å². The van der Waals surface area contributed by atoms with E-state index < -0.39 is 0 Å². The zero-order chi connectivity index (χ0) is 15.1. The highest BCUT2D eigenvalue weighted by atomic mass is 14.4. The van der Waals surface area contributed by atoms with Gasteiger partial charge in [0.15, 0.2) is 0 Å². The average molecular weight is 281 g/mol. The SMILES string of the molecule is CC.CC1CCC(C(C)CC2CCCC(C)C2C)CC1. The summed E-state index contributed by atoms with van der Waals surface area (Å²) in [6.45, 7) is 14.0. The number of hydrogen-bond donors (Lipinski definition) is 0. The van der Waals surface area contributed by atoms with Gasteiger partial charge in [0.25, 0.3) is 0 Å². The molecule has 20 heavy (non-hydrogen) atoms. The summed E-state index contributed by atoms with van der Waals surface area (Å²) in [5.41, 5.74) is 0. The van der Waals surface area contributed by atoms with E-state index in [4.69, 9.17) is 0 Å². The maximum absolute atomic E-state index is 2.55. The van der Waals surface area contributed by atoms with Crippen molar-refractivity contribution >= 4 is 0 Å². The van der Waals surface area contributed by atoms with Crippen LogP contribution in [0.4, 0.5) is 0 Å². The summed E-state index contributed by atoms with van der Waals surface area (Å²) in [4.78, 5) is 0. The van der Waals surface area contributed by atoms with E-state index in [1.54, 1.807) is 0 Å². The van der Waals surface area contributed by atoms with Crippen LogP contribution in [0.15, 0.2) is 0 Å². The lowest BCUT2D eigenvalue weighted by Gasteiger charge is -2.38. The smallest absolute Gasteiger partial charge is 0.0383 e. The van der Waals surface area contributed by atoms with Crippen LogP contribution in [0, 0.1) is 35.5 Å². The minimum Gasteiger partial charge on any atom is -0.0683 e. The molecule has 0 aromatic rings. The third-order valence-corrected chi connectivity index (χ3v) is 6.42. The zero-order valence-corrected chi connectivity index (χ0v) is 15.1. The van der Waals surface area contributed by atoms with Crippen LogP contribution in [0.1, 0.15) is 92.9 Å². The lowest BCUT2D eigenvalue weighted by atomic mass is 9.67. The molecule has 120 valence electrons. The van der Waals surface area contributed by atoms with E-state index in [1.807, 2.05) is 13.8 Å². The Morgan fingerprint density at radius 3 is 2.05 bits per heavy atom. The van der Waals surface area contributed by atoms with Crippen LogP contribution in [-0.2, 0) is 0 Å². The van der Waals surface area contributed by atoms with Crippen LogP contribution < -0.4 is 0 Å². The Morgan fingerprint density at radius 2 is 1.45 bits per heavy atom. The molecule has 0 amide bonds. The lowest BCUT2D eigenvalue weighted by Crippen LogP contribution is -2.28. The first-order chi connectivity index (χ1) is 9.58. The summed E-state index contributed by atoms with van der Waals surface area (Å²) >= 11 is 0. The molecule has 2 aliphatic rings. The quantitative estimate of drug-likeness (QED) is 0.525. The maximum atomic E-state index is 2.55. The van der Waals surface area contributed by atoms with Gasteiger partial charge in [-0.25, -0.2) is 0 Å². The van der Waals surface area contributed by atoms with Crippen molar-refractivity contribution in [2.24, 2.45) is 35.5 Å². The highest BCUT2D eigenvalue weighted by Gasteiger charge is 2.31. The summed E-state index contributed by atoms with van der Waals surface area (Å²) in [5.74, 6) is 6.01. The summed E-state index contributed by atoms with van der Waals surface area (Å²) in [7, 11) is 0. The van der Waals surface area contributed by atoms with Gasteiger partial charge in [-0.3, -0.25) is 0 Å². The molecule has 0 heteroatoms. The van der Waals surface area contributed by atoms with Gasteiger partial charge in [0, 0.05) is 0 Å². The Balaban J connectivity index is 0.000000956. The van der Waals surface area contributed by atoms with E-state index in [1.165, 1.54) is 51.4 Å². The molecule has 0 nitrogen and oxygen atoms in total. The Morgan fingerprint density at radius 1 is 0.850 bits per heavy atom. The molecule has 4 unspecified atom stereocenters. The largest absolute Gasteiger partial charge is 0.0683 e. The van der Waals surface area contributed by atoms with Crippen molar-refractivity contribution in [3.63, 3.8) is 0 Å². The molecule has 2 fully saturated rings. The predicted molar refractivity (Wildman–Crippen MR) is 91.9 cm³/mol. The summed E-state index contributed by atoms with van der Waals surface area (Å²) in [6.07, 6.45) is 12.0. The van der Waals surface area contributed by atoms with Gasteiger partial charge in [-0.15, -0.1) is 0 Å². The Labute approximate surface area is 129 Å². The Kier molecular flexibility index (Phi) is 8.22. The molecule has 0 aliphatic heterocycles. The maximum Gasteiger partial charge on any atom is -0.0383 e. The second kappa shape index (κ2) is 9.11. The number of hydrogen-bond acceptors (Lipinski definition) is 0. The fourth-order valence-corrected chi connectivity index (χ4v) is 4.55. The van der Waals surface area contributed by atoms with Gasteiger partial charge < -0.3 is 0 Å². The van der Waals surface area contributed by atoms with Gasteiger partial charge in [-0.1, -0.05) is 73.6 Å². The minimum absolute atomic E-state index is 0.974. The van der Waals surface area contributed by atoms with Crippen molar-refractivity contribution in [3.8, 4) is 0 Å². The Bertz CT molecular complexity index is 236. The third-order valence-electron chi connectivity index (χ3n) is 6.42. The molecule has 0 heterocycles. The molecule has 0 radical (unpaired) electrons. The fourth-order valence-electron chi connectivity index (χ4n) is 4.55. The van der Waals surface area contributed by atoms with E-state index in [-0.39, 0.29) is 0 Å². The van der Waals surface area contributed by atoms with Gasteiger partial charge in [-0.05, 0) is 54.8 Å². The molecule has 0 N–H and O–H groups in total. The van der Waals surface area contributed by atoms with Crippen molar-refractivity contribution in [2.45, 2.75) is 92.9 Å². The lowest BCUT2D eigenvalue weighted by molar-refractivity contribution is 0.124. The molecule has 2 rings (SSSR count). The second-order valence-corrected chi connectivity index (χ2v) is 7.76. The van der Waals surface area contributed by atoms with E-state index in [0.29, 0.717) is 0 Å². The van der Waals surface area contributed by atoms with E-state index in [9.17, 15) is 0 Å². The third kappa shape index (κ3) is 5.08. The standard InChI is InChI=1S/C18H34.C2H6/c1-13-8-10-17(11-9-13)15(3)12-18-7-5-6-14(2)16(18)4;1-2/h13-18H,5-12H2,1-4H3;1-2H3. The van der Waals surface area contributed by atoms with Crippen LogP contribution in [-0.4, -0.2) is 0 Å². The predicted octanol–water partition coefficient (Wildman–Crippen LogP) is 6.94.